The monoisotopic (exact) mass is 245 g/mol. The molecule has 1 aromatic rings. The Labute approximate surface area is 108 Å². The Hall–Kier alpha value is -1.86. The summed E-state index contributed by atoms with van der Waals surface area (Å²) in [6.07, 6.45) is 0.328. The molecule has 96 valence electrons. The van der Waals surface area contributed by atoms with Crippen molar-refractivity contribution in [1.82, 2.24) is 0 Å². The summed E-state index contributed by atoms with van der Waals surface area (Å²) in [4.78, 5) is 13.6. The highest BCUT2D eigenvalue weighted by Crippen LogP contribution is 2.15. The average Bonchev–Trinajstić information content (AvgIpc) is 2.37. The fourth-order valence-corrected chi connectivity index (χ4v) is 1.48. The van der Waals surface area contributed by atoms with Gasteiger partial charge < -0.3 is 10.6 Å². The zero-order valence-corrected chi connectivity index (χ0v) is 11.1. The molecule has 1 unspecified atom stereocenters. The minimum atomic E-state index is -0.127. The molecule has 0 aliphatic heterocycles. The van der Waals surface area contributed by atoms with Crippen molar-refractivity contribution in [2.75, 3.05) is 11.9 Å². The zero-order valence-electron chi connectivity index (χ0n) is 11.1. The van der Waals surface area contributed by atoms with Gasteiger partial charge in [-0.1, -0.05) is 13.8 Å². The standard InChI is InChI=1S/C14H19N3O/c1-10(2)13(16)8-14(18)17(3)12-6-4-11(9-15)5-7-12/h4-7,10,13H,8,16H2,1-3H3. The molecule has 0 spiro atoms. The van der Waals surface area contributed by atoms with Gasteiger partial charge in [-0.2, -0.15) is 5.26 Å². The van der Waals surface area contributed by atoms with Gasteiger partial charge in [-0.05, 0) is 30.2 Å². The van der Waals surface area contributed by atoms with E-state index < -0.39 is 0 Å². The lowest BCUT2D eigenvalue weighted by Crippen LogP contribution is -2.36. The topological polar surface area (TPSA) is 70.1 Å². The van der Waals surface area contributed by atoms with Gasteiger partial charge >= 0.3 is 0 Å². The van der Waals surface area contributed by atoms with E-state index in [1.807, 2.05) is 19.9 Å². The van der Waals surface area contributed by atoms with Crippen LogP contribution in [-0.2, 0) is 4.79 Å². The smallest absolute Gasteiger partial charge is 0.228 e. The van der Waals surface area contributed by atoms with Gasteiger partial charge in [0.25, 0.3) is 0 Å². The second-order valence-electron chi connectivity index (χ2n) is 4.72. The number of anilines is 1. The lowest BCUT2D eigenvalue weighted by atomic mass is 10.0. The first kappa shape index (κ1) is 14.2. The predicted octanol–water partition coefficient (Wildman–Crippen LogP) is 1.89. The third-order valence-electron chi connectivity index (χ3n) is 3.02. The molecule has 2 N–H and O–H groups in total. The van der Waals surface area contributed by atoms with Crippen LogP contribution in [0, 0.1) is 17.2 Å². The first-order valence-corrected chi connectivity index (χ1v) is 5.98. The summed E-state index contributed by atoms with van der Waals surface area (Å²) < 4.78 is 0. The first-order valence-electron chi connectivity index (χ1n) is 5.98. The molecule has 0 saturated heterocycles. The summed E-state index contributed by atoms with van der Waals surface area (Å²) in [5.74, 6) is 0.268. The number of nitrogens with zero attached hydrogens (tertiary/aromatic N) is 2. The van der Waals surface area contributed by atoms with E-state index in [4.69, 9.17) is 11.0 Å². The fourth-order valence-electron chi connectivity index (χ4n) is 1.48. The van der Waals surface area contributed by atoms with Crippen LogP contribution in [0.2, 0.25) is 0 Å². The highest BCUT2D eigenvalue weighted by molar-refractivity contribution is 5.93. The van der Waals surface area contributed by atoms with Crippen LogP contribution in [0.4, 0.5) is 5.69 Å². The number of rotatable bonds is 4. The highest BCUT2D eigenvalue weighted by Gasteiger charge is 2.17. The second-order valence-corrected chi connectivity index (χ2v) is 4.72. The Morgan fingerprint density at radius 3 is 2.39 bits per heavy atom. The van der Waals surface area contributed by atoms with Crippen LogP contribution >= 0.6 is 0 Å². The third-order valence-corrected chi connectivity index (χ3v) is 3.02. The van der Waals surface area contributed by atoms with Gasteiger partial charge in [0.1, 0.15) is 0 Å². The molecule has 1 rings (SSSR count). The van der Waals surface area contributed by atoms with E-state index in [2.05, 4.69) is 0 Å². The predicted molar refractivity (Wildman–Crippen MR) is 72.0 cm³/mol. The minimum Gasteiger partial charge on any atom is -0.327 e. The average molecular weight is 245 g/mol. The van der Waals surface area contributed by atoms with Crippen molar-refractivity contribution < 1.29 is 4.79 Å². The molecule has 0 aliphatic carbocycles. The maximum atomic E-state index is 12.0. The highest BCUT2D eigenvalue weighted by atomic mass is 16.2. The number of hydrogen-bond donors (Lipinski definition) is 1. The van der Waals surface area contributed by atoms with E-state index >= 15 is 0 Å². The molecule has 0 fully saturated rings. The van der Waals surface area contributed by atoms with E-state index in [0.29, 0.717) is 12.0 Å². The summed E-state index contributed by atoms with van der Waals surface area (Å²) in [7, 11) is 1.72. The number of benzene rings is 1. The van der Waals surface area contributed by atoms with Crippen molar-refractivity contribution in [3.63, 3.8) is 0 Å². The van der Waals surface area contributed by atoms with Crippen molar-refractivity contribution in [2.24, 2.45) is 11.7 Å². The largest absolute Gasteiger partial charge is 0.327 e. The molecule has 1 aromatic carbocycles. The number of hydrogen-bond acceptors (Lipinski definition) is 3. The van der Waals surface area contributed by atoms with Crippen molar-refractivity contribution in [1.29, 1.82) is 5.26 Å². The van der Waals surface area contributed by atoms with Gasteiger partial charge in [0.15, 0.2) is 0 Å². The van der Waals surface area contributed by atoms with E-state index in [1.165, 1.54) is 0 Å². The molecular weight excluding hydrogens is 226 g/mol. The molecule has 4 heteroatoms. The Balaban J connectivity index is 2.71. The molecule has 1 amide bonds. The molecule has 18 heavy (non-hydrogen) atoms. The maximum absolute atomic E-state index is 12.0. The second kappa shape index (κ2) is 6.18. The third kappa shape index (κ3) is 3.57. The first-order chi connectivity index (χ1) is 8.45. The molecule has 4 nitrogen and oxygen atoms in total. The van der Waals surface area contributed by atoms with Gasteiger partial charge in [0, 0.05) is 25.2 Å². The van der Waals surface area contributed by atoms with Crippen LogP contribution in [0.25, 0.3) is 0 Å². The molecule has 0 aliphatic rings. The number of carbonyl (C=O) groups excluding carboxylic acids is 1. The summed E-state index contributed by atoms with van der Waals surface area (Å²) >= 11 is 0. The minimum absolute atomic E-state index is 0.0130. The quantitative estimate of drug-likeness (QED) is 0.880. The van der Waals surface area contributed by atoms with Crippen molar-refractivity contribution in [2.45, 2.75) is 26.3 Å². The molecule has 0 aromatic heterocycles. The summed E-state index contributed by atoms with van der Waals surface area (Å²) in [6.45, 7) is 4.00. The number of carbonyl (C=O) groups is 1. The fraction of sp³-hybridized carbons (Fsp3) is 0.429. The Kier molecular flexibility index (Phi) is 4.87. The lowest BCUT2D eigenvalue weighted by Gasteiger charge is -2.21. The number of nitrogens with two attached hydrogens (primary N) is 1. The molecule has 0 saturated carbocycles. The van der Waals surface area contributed by atoms with Gasteiger partial charge in [0.05, 0.1) is 11.6 Å². The summed E-state index contributed by atoms with van der Waals surface area (Å²) in [6, 6.07) is 8.83. The van der Waals surface area contributed by atoms with Gasteiger partial charge in [-0.15, -0.1) is 0 Å². The van der Waals surface area contributed by atoms with Crippen molar-refractivity contribution in [3.05, 3.63) is 29.8 Å². The molecule has 0 radical (unpaired) electrons. The van der Waals surface area contributed by atoms with E-state index in [-0.39, 0.29) is 17.9 Å². The van der Waals surface area contributed by atoms with Crippen LogP contribution in [0.5, 0.6) is 0 Å². The van der Waals surface area contributed by atoms with E-state index in [9.17, 15) is 4.79 Å². The number of amides is 1. The molecule has 0 bridgehead atoms. The maximum Gasteiger partial charge on any atom is 0.228 e. The zero-order chi connectivity index (χ0) is 13.7. The Morgan fingerprint density at radius 2 is 1.94 bits per heavy atom. The van der Waals surface area contributed by atoms with Gasteiger partial charge in [-0.25, -0.2) is 0 Å². The van der Waals surface area contributed by atoms with Crippen molar-refractivity contribution >= 4 is 11.6 Å². The van der Waals surface area contributed by atoms with Crippen LogP contribution in [0.3, 0.4) is 0 Å². The van der Waals surface area contributed by atoms with Crippen molar-refractivity contribution in [3.8, 4) is 6.07 Å². The van der Waals surface area contributed by atoms with Gasteiger partial charge in [-0.3, -0.25) is 4.79 Å². The number of nitriles is 1. The molecule has 0 heterocycles. The SMILES string of the molecule is CC(C)C(N)CC(=O)N(C)c1ccc(C#N)cc1. The summed E-state index contributed by atoms with van der Waals surface area (Å²) in [5, 5.41) is 8.71. The van der Waals surface area contributed by atoms with Gasteiger partial charge in [0.2, 0.25) is 5.91 Å². The van der Waals surface area contributed by atoms with E-state index in [1.54, 1.807) is 36.2 Å². The Bertz CT molecular complexity index is 445. The van der Waals surface area contributed by atoms with Crippen LogP contribution in [0.15, 0.2) is 24.3 Å². The van der Waals surface area contributed by atoms with Crippen LogP contribution < -0.4 is 10.6 Å². The molecule has 1 atom stereocenters. The van der Waals surface area contributed by atoms with Crippen LogP contribution in [0.1, 0.15) is 25.8 Å². The summed E-state index contributed by atoms with van der Waals surface area (Å²) in [5.41, 5.74) is 7.24. The Morgan fingerprint density at radius 1 is 1.39 bits per heavy atom. The van der Waals surface area contributed by atoms with Crippen LogP contribution in [-0.4, -0.2) is 19.0 Å². The lowest BCUT2D eigenvalue weighted by molar-refractivity contribution is -0.118. The van der Waals surface area contributed by atoms with E-state index in [0.717, 1.165) is 5.69 Å². The normalized spacial score (nSPS) is 12.0. The molecular formula is C14H19N3O.